The fourth-order valence-corrected chi connectivity index (χ4v) is 5.38. The van der Waals surface area contributed by atoms with Crippen LogP contribution < -0.4 is 10.1 Å². The Balaban J connectivity index is 1.20. The van der Waals surface area contributed by atoms with Crippen LogP contribution in [-0.4, -0.2) is 57.6 Å². The molecule has 0 unspecified atom stereocenters. The lowest BCUT2D eigenvalue weighted by Gasteiger charge is -2.37. The molecule has 6 rings (SSSR count). The summed E-state index contributed by atoms with van der Waals surface area (Å²) < 4.78 is 24.7. The van der Waals surface area contributed by atoms with Gasteiger partial charge in [-0.2, -0.15) is 5.10 Å². The third kappa shape index (κ3) is 4.58. The maximum absolute atomic E-state index is 14.5. The number of nitrogens with zero attached hydrogens (tertiary/aromatic N) is 4. The second-order valence-corrected chi connectivity index (χ2v) is 9.93. The number of hydrogen-bond donors (Lipinski definition) is 2. The lowest BCUT2D eigenvalue weighted by Crippen LogP contribution is -2.50. The van der Waals surface area contributed by atoms with Gasteiger partial charge in [-0.1, -0.05) is 19.1 Å². The van der Waals surface area contributed by atoms with Gasteiger partial charge in [-0.15, -0.1) is 0 Å². The zero-order chi connectivity index (χ0) is 26.2. The molecule has 1 aliphatic rings. The molecule has 2 N–H and O–H groups in total. The SMILES string of the molecule is COc1cccc(F)c1CN1C[C@H](C)C[C@@H](NC(=O)c2ccc3[nH]nc(-c4ccc5nonc5c4)c3c2)C1. The van der Waals surface area contributed by atoms with E-state index in [1.807, 2.05) is 30.3 Å². The van der Waals surface area contributed by atoms with Crippen LogP contribution in [0.4, 0.5) is 4.39 Å². The Morgan fingerprint density at radius 2 is 2.03 bits per heavy atom. The molecule has 194 valence electrons. The van der Waals surface area contributed by atoms with Gasteiger partial charge in [0.1, 0.15) is 28.3 Å². The molecule has 0 bridgehead atoms. The number of aromatic amines is 1. The number of piperidine rings is 1. The van der Waals surface area contributed by atoms with E-state index in [1.165, 1.54) is 6.07 Å². The number of amides is 1. The number of H-pyrrole nitrogens is 1. The second kappa shape index (κ2) is 9.86. The predicted octanol–water partition coefficient (Wildman–Crippen LogP) is 4.55. The van der Waals surface area contributed by atoms with Gasteiger partial charge in [0.2, 0.25) is 0 Å². The van der Waals surface area contributed by atoms with Crippen molar-refractivity contribution in [3.63, 3.8) is 0 Å². The van der Waals surface area contributed by atoms with Crippen molar-refractivity contribution in [1.29, 1.82) is 0 Å². The van der Waals surface area contributed by atoms with Crippen molar-refractivity contribution < 1.29 is 18.6 Å². The normalized spacial score (nSPS) is 18.2. The van der Waals surface area contributed by atoms with Crippen LogP contribution in [-0.2, 0) is 6.54 Å². The first-order valence-electron chi connectivity index (χ1n) is 12.5. The monoisotopic (exact) mass is 514 g/mol. The number of methoxy groups -OCH3 is 1. The Bertz CT molecular complexity index is 1630. The number of ether oxygens (including phenoxy) is 1. The average molecular weight is 515 g/mol. The van der Waals surface area contributed by atoms with E-state index in [2.05, 4.69) is 37.7 Å². The minimum Gasteiger partial charge on any atom is -0.496 e. The fraction of sp³-hybridized carbons (Fsp3) is 0.286. The molecule has 0 aliphatic carbocycles. The van der Waals surface area contributed by atoms with Crippen molar-refractivity contribution in [3.8, 4) is 17.0 Å². The lowest BCUT2D eigenvalue weighted by molar-refractivity contribution is 0.0868. The number of benzene rings is 3. The Hall–Kier alpha value is -4.31. The molecule has 9 nitrogen and oxygen atoms in total. The molecule has 5 aromatic rings. The first-order chi connectivity index (χ1) is 18.5. The second-order valence-electron chi connectivity index (χ2n) is 9.93. The number of carbonyl (C=O) groups is 1. The molecule has 1 amide bonds. The van der Waals surface area contributed by atoms with Gasteiger partial charge in [0.05, 0.1) is 12.6 Å². The molecule has 1 aliphatic heterocycles. The van der Waals surface area contributed by atoms with Crippen LogP contribution in [0.2, 0.25) is 0 Å². The highest BCUT2D eigenvalue weighted by Gasteiger charge is 2.28. The van der Waals surface area contributed by atoms with E-state index in [0.717, 1.165) is 35.1 Å². The first kappa shape index (κ1) is 24.1. The Morgan fingerprint density at radius 1 is 1.16 bits per heavy atom. The van der Waals surface area contributed by atoms with E-state index in [9.17, 15) is 9.18 Å². The molecule has 3 heterocycles. The number of carbonyl (C=O) groups excluding carboxylic acids is 1. The highest BCUT2D eigenvalue weighted by molar-refractivity contribution is 6.02. The molecule has 3 aromatic carbocycles. The van der Waals surface area contributed by atoms with Gasteiger partial charge < -0.3 is 10.1 Å². The minimum atomic E-state index is -0.286. The zero-order valence-corrected chi connectivity index (χ0v) is 21.1. The van der Waals surface area contributed by atoms with Crippen LogP contribution >= 0.6 is 0 Å². The van der Waals surface area contributed by atoms with Crippen LogP contribution in [0, 0.1) is 11.7 Å². The van der Waals surface area contributed by atoms with Crippen LogP contribution in [0.15, 0.2) is 59.2 Å². The number of aromatic nitrogens is 4. The summed E-state index contributed by atoms with van der Waals surface area (Å²) in [5.41, 5.74) is 4.77. The van der Waals surface area contributed by atoms with Crippen molar-refractivity contribution in [2.45, 2.75) is 25.9 Å². The van der Waals surface area contributed by atoms with Crippen LogP contribution in [0.5, 0.6) is 5.75 Å². The number of rotatable bonds is 6. The van der Waals surface area contributed by atoms with Crippen LogP contribution in [0.25, 0.3) is 33.2 Å². The largest absolute Gasteiger partial charge is 0.496 e. The number of halogens is 1. The topological polar surface area (TPSA) is 109 Å². The van der Waals surface area contributed by atoms with Crippen molar-refractivity contribution in [3.05, 3.63) is 71.5 Å². The molecule has 0 spiro atoms. The highest BCUT2D eigenvalue weighted by atomic mass is 19.1. The van der Waals surface area contributed by atoms with E-state index in [4.69, 9.17) is 9.37 Å². The fourth-order valence-electron chi connectivity index (χ4n) is 5.38. The Morgan fingerprint density at radius 3 is 2.89 bits per heavy atom. The first-order valence-corrected chi connectivity index (χ1v) is 12.5. The summed E-state index contributed by atoms with van der Waals surface area (Å²) in [6, 6.07) is 15.9. The molecule has 2 aromatic heterocycles. The van der Waals surface area contributed by atoms with Crippen molar-refractivity contribution in [2.75, 3.05) is 20.2 Å². The van der Waals surface area contributed by atoms with Gasteiger partial charge in [0, 0.05) is 47.8 Å². The molecule has 0 saturated carbocycles. The molecule has 38 heavy (non-hydrogen) atoms. The van der Waals surface area contributed by atoms with Gasteiger partial charge in [-0.05, 0) is 65.1 Å². The minimum absolute atomic E-state index is 0.0643. The van der Waals surface area contributed by atoms with Gasteiger partial charge in [0.15, 0.2) is 0 Å². The van der Waals surface area contributed by atoms with Crippen molar-refractivity contribution >= 4 is 27.8 Å². The summed E-state index contributed by atoms with van der Waals surface area (Å²) in [5.74, 6) is 0.437. The summed E-state index contributed by atoms with van der Waals surface area (Å²) in [6.07, 6.45) is 0.849. The summed E-state index contributed by atoms with van der Waals surface area (Å²) in [7, 11) is 1.55. The van der Waals surface area contributed by atoms with Crippen molar-refractivity contribution in [1.82, 2.24) is 30.7 Å². The van der Waals surface area contributed by atoms with E-state index >= 15 is 0 Å². The number of hydrogen-bond acceptors (Lipinski definition) is 7. The van der Waals surface area contributed by atoms with Crippen LogP contribution in [0.1, 0.15) is 29.3 Å². The maximum Gasteiger partial charge on any atom is 0.251 e. The lowest BCUT2D eigenvalue weighted by atomic mass is 9.95. The van der Waals surface area contributed by atoms with Gasteiger partial charge >= 0.3 is 0 Å². The third-order valence-corrected chi connectivity index (χ3v) is 7.10. The van der Waals surface area contributed by atoms with E-state index in [-0.39, 0.29) is 17.8 Å². The summed E-state index contributed by atoms with van der Waals surface area (Å²) in [6.45, 7) is 4.01. The molecular weight excluding hydrogens is 487 g/mol. The number of fused-ring (bicyclic) bond motifs is 2. The van der Waals surface area contributed by atoms with E-state index < -0.39 is 0 Å². The highest BCUT2D eigenvalue weighted by Crippen LogP contribution is 2.29. The maximum atomic E-state index is 14.5. The smallest absolute Gasteiger partial charge is 0.251 e. The zero-order valence-electron chi connectivity index (χ0n) is 21.1. The molecule has 1 fully saturated rings. The third-order valence-electron chi connectivity index (χ3n) is 7.10. The van der Waals surface area contributed by atoms with Gasteiger partial charge in [0.25, 0.3) is 5.91 Å². The molecule has 2 atom stereocenters. The van der Waals surface area contributed by atoms with E-state index in [0.29, 0.717) is 46.9 Å². The van der Waals surface area contributed by atoms with Gasteiger partial charge in [-0.25, -0.2) is 9.02 Å². The molecular formula is C28H27FN6O3. The Labute approximate surface area is 217 Å². The molecule has 10 heteroatoms. The summed E-state index contributed by atoms with van der Waals surface area (Å²) in [5, 5.41) is 19.3. The standard InChI is InChI=1S/C28H27FN6O3/c1-16-10-19(14-35(13-16)15-21-22(29)4-3-5-26(21)37-2)30-28(36)18-7-8-23-20(11-18)27(32-31-23)17-6-9-24-25(12-17)34-38-33-24/h3-9,11-12,16,19H,10,13-15H2,1-2H3,(H,30,36)(H,31,32)/t16-,19-/m1/s1. The van der Waals surface area contributed by atoms with E-state index in [1.54, 1.807) is 25.3 Å². The predicted molar refractivity (Wildman–Crippen MR) is 140 cm³/mol. The molecule has 1 saturated heterocycles. The van der Waals surface area contributed by atoms with Crippen LogP contribution in [0.3, 0.4) is 0 Å². The number of likely N-dealkylation sites (tertiary alicyclic amines) is 1. The van der Waals surface area contributed by atoms with Gasteiger partial charge in [-0.3, -0.25) is 14.8 Å². The molecule has 0 radical (unpaired) electrons. The quantitative estimate of drug-likeness (QED) is 0.342. The average Bonchev–Trinajstić information content (AvgIpc) is 3.55. The summed E-state index contributed by atoms with van der Waals surface area (Å²) in [4.78, 5) is 15.5. The Kier molecular flexibility index (Phi) is 6.24. The van der Waals surface area contributed by atoms with Crippen molar-refractivity contribution in [2.24, 2.45) is 5.92 Å². The summed E-state index contributed by atoms with van der Waals surface area (Å²) >= 11 is 0. The number of nitrogens with one attached hydrogen (secondary N) is 2.